The Morgan fingerprint density at radius 3 is 1.92 bits per heavy atom. The summed E-state index contributed by atoms with van der Waals surface area (Å²) < 4.78 is 102. The van der Waals surface area contributed by atoms with Crippen molar-refractivity contribution in [3.8, 4) is 11.5 Å². The summed E-state index contributed by atoms with van der Waals surface area (Å²) >= 11 is 6.04. The van der Waals surface area contributed by atoms with Crippen LogP contribution in [0.3, 0.4) is 0 Å². The standard InChI is InChI=1S/C22H19Br2F4NO9S/c1-4-22(2,3)20(31)36-6-5-29-21(32)38-16-10(23)7-9(8-11(16)24)19(30)37-17-12(25)14(27)18(39(33,34)35)15(28)13(17)26/h7-8H,4-6H2,1-3H3,(H,29,32)(H,33,34,35). The molecule has 0 aromatic heterocycles. The number of ether oxygens (including phenoxy) is 3. The van der Waals surface area contributed by atoms with E-state index in [0.29, 0.717) is 6.42 Å². The third kappa shape index (κ3) is 7.67. The highest BCUT2D eigenvalue weighted by atomic mass is 79.9. The van der Waals surface area contributed by atoms with Gasteiger partial charge in [-0.2, -0.15) is 17.2 Å². The second-order valence-electron chi connectivity index (χ2n) is 8.24. The predicted molar refractivity (Wildman–Crippen MR) is 132 cm³/mol. The first-order valence-electron chi connectivity index (χ1n) is 10.6. The van der Waals surface area contributed by atoms with E-state index < -0.39 is 73.0 Å². The van der Waals surface area contributed by atoms with Gasteiger partial charge in [-0.25, -0.2) is 18.4 Å². The van der Waals surface area contributed by atoms with Gasteiger partial charge in [-0.15, -0.1) is 0 Å². The van der Waals surface area contributed by atoms with Crippen LogP contribution < -0.4 is 14.8 Å². The van der Waals surface area contributed by atoms with E-state index in [4.69, 9.17) is 14.0 Å². The largest absolute Gasteiger partial charge is 0.463 e. The fourth-order valence-corrected chi connectivity index (χ4v) is 4.58. The Bertz CT molecular complexity index is 1380. The molecule has 2 N–H and O–H groups in total. The van der Waals surface area contributed by atoms with Crippen LogP contribution in [0.5, 0.6) is 11.5 Å². The number of esters is 2. The first-order chi connectivity index (χ1) is 17.9. The van der Waals surface area contributed by atoms with Gasteiger partial charge in [-0.05, 0) is 64.3 Å². The van der Waals surface area contributed by atoms with Gasteiger partial charge < -0.3 is 19.5 Å². The van der Waals surface area contributed by atoms with Crippen LogP contribution in [0.1, 0.15) is 37.6 Å². The minimum Gasteiger partial charge on any atom is -0.463 e. The normalized spacial score (nSPS) is 11.6. The molecule has 0 aliphatic carbocycles. The Morgan fingerprint density at radius 2 is 1.46 bits per heavy atom. The summed E-state index contributed by atoms with van der Waals surface area (Å²) in [6.45, 7) is 5.00. The quantitative estimate of drug-likeness (QED) is 0.0885. The second kappa shape index (κ2) is 12.6. The molecule has 0 heterocycles. The summed E-state index contributed by atoms with van der Waals surface area (Å²) in [6, 6.07) is 1.94. The van der Waals surface area contributed by atoms with E-state index in [0.717, 1.165) is 12.1 Å². The number of carbonyl (C=O) groups excluding carboxylic acids is 3. The molecule has 2 aromatic carbocycles. The van der Waals surface area contributed by atoms with Gasteiger partial charge >= 0.3 is 28.1 Å². The van der Waals surface area contributed by atoms with Crippen LogP contribution in [0.25, 0.3) is 0 Å². The minimum absolute atomic E-state index is 0.0601. The molecule has 0 saturated carbocycles. The van der Waals surface area contributed by atoms with E-state index in [1.165, 1.54) is 0 Å². The molecular weight excluding hydrogens is 690 g/mol. The zero-order valence-electron chi connectivity index (χ0n) is 20.2. The number of rotatable bonds is 9. The Kier molecular flexibility index (Phi) is 10.5. The van der Waals surface area contributed by atoms with Gasteiger partial charge in [0.2, 0.25) is 17.4 Å². The lowest BCUT2D eigenvalue weighted by Gasteiger charge is -2.20. The van der Waals surface area contributed by atoms with Crippen LogP contribution in [0.4, 0.5) is 22.4 Å². The maximum atomic E-state index is 14.2. The van der Waals surface area contributed by atoms with Crippen molar-refractivity contribution in [2.45, 2.75) is 32.1 Å². The second-order valence-corrected chi connectivity index (χ2v) is 11.3. The number of hydrogen-bond acceptors (Lipinski definition) is 8. The molecule has 214 valence electrons. The summed E-state index contributed by atoms with van der Waals surface area (Å²) in [7, 11) is -5.70. The molecule has 10 nitrogen and oxygen atoms in total. The van der Waals surface area contributed by atoms with Gasteiger partial charge in [0.1, 0.15) is 6.61 Å². The lowest BCUT2D eigenvalue weighted by atomic mass is 9.91. The first-order valence-corrected chi connectivity index (χ1v) is 13.6. The third-order valence-electron chi connectivity index (χ3n) is 5.11. The molecule has 1 amide bonds. The van der Waals surface area contributed by atoms with Crippen molar-refractivity contribution in [2.24, 2.45) is 5.41 Å². The highest BCUT2D eigenvalue weighted by Crippen LogP contribution is 2.36. The molecule has 0 atom stereocenters. The van der Waals surface area contributed by atoms with Crippen molar-refractivity contribution in [3.05, 3.63) is 49.9 Å². The molecule has 39 heavy (non-hydrogen) atoms. The number of benzene rings is 2. The summed E-state index contributed by atoms with van der Waals surface area (Å²) in [5, 5.41) is 2.33. The fourth-order valence-electron chi connectivity index (χ4n) is 2.60. The monoisotopic (exact) mass is 707 g/mol. The number of hydrogen-bond donors (Lipinski definition) is 2. The lowest BCUT2D eigenvalue weighted by molar-refractivity contribution is -0.153. The molecule has 0 unspecified atom stereocenters. The first kappa shape index (κ1) is 32.5. The summed E-state index contributed by atoms with van der Waals surface area (Å²) in [4.78, 5) is 34.1. The van der Waals surface area contributed by atoms with Crippen LogP contribution in [0.2, 0.25) is 0 Å². The summed E-state index contributed by atoms with van der Waals surface area (Å²) in [6.07, 6.45) is -0.434. The van der Waals surface area contributed by atoms with E-state index in [9.17, 15) is 40.4 Å². The third-order valence-corrected chi connectivity index (χ3v) is 7.16. The maximum Gasteiger partial charge on any atom is 0.412 e. The van der Waals surface area contributed by atoms with Crippen molar-refractivity contribution < 1.29 is 59.1 Å². The predicted octanol–water partition coefficient (Wildman–Crippen LogP) is 5.30. The van der Waals surface area contributed by atoms with E-state index in [1.807, 2.05) is 6.92 Å². The number of carbonyl (C=O) groups is 3. The summed E-state index contributed by atoms with van der Waals surface area (Å²) in [5.41, 5.74) is -1.16. The zero-order chi connectivity index (χ0) is 29.9. The van der Waals surface area contributed by atoms with Crippen molar-refractivity contribution in [1.29, 1.82) is 0 Å². The highest BCUT2D eigenvalue weighted by molar-refractivity contribution is 9.11. The van der Waals surface area contributed by atoms with Gasteiger partial charge in [0.15, 0.2) is 22.3 Å². The van der Waals surface area contributed by atoms with Crippen molar-refractivity contribution in [3.63, 3.8) is 0 Å². The van der Waals surface area contributed by atoms with Crippen LogP contribution in [0.15, 0.2) is 26.0 Å². The molecule has 2 rings (SSSR count). The fraction of sp³-hybridized carbons (Fsp3) is 0.318. The number of nitrogens with one attached hydrogen (secondary N) is 1. The molecule has 0 aliphatic rings. The average molecular weight is 709 g/mol. The van der Waals surface area contributed by atoms with E-state index in [-0.39, 0.29) is 27.8 Å². The van der Waals surface area contributed by atoms with Crippen LogP contribution in [-0.4, -0.2) is 44.2 Å². The molecule has 0 aliphatic heterocycles. The van der Waals surface area contributed by atoms with E-state index >= 15 is 0 Å². The molecular formula is C22H19Br2F4NO9S. The van der Waals surface area contributed by atoms with Gasteiger partial charge in [-0.3, -0.25) is 9.35 Å². The SMILES string of the molecule is CCC(C)(C)C(=O)OCCNC(=O)Oc1c(Br)cc(C(=O)Oc2c(F)c(F)c(S(=O)(=O)O)c(F)c2F)cc1Br. The Morgan fingerprint density at radius 1 is 0.949 bits per heavy atom. The molecule has 17 heteroatoms. The molecule has 0 spiro atoms. The lowest BCUT2D eigenvalue weighted by Crippen LogP contribution is -2.33. The Labute approximate surface area is 236 Å². The molecule has 0 radical (unpaired) electrons. The van der Waals surface area contributed by atoms with E-state index in [2.05, 4.69) is 41.9 Å². The van der Waals surface area contributed by atoms with Crippen molar-refractivity contribution >= 4 is 60.0 Å². The summed E-state index contributed by atoms with van der Waals surface area (Å²) in [5.74, 6) is -13.9. The van der Waals surface area contributed by atoms with Crippen LogP contribution in [-0.2, 0) is 19.6 Å². The molecule has 2 aromatic rings. The highest BCUT2D eigenvalue weighted by Gasteiger charge is 2.34. The molecule has 0 fully saturated rings. The minimum atomic E-state index is -5.70. The topological polar surface area (TPSA) is 145 Å². The smallest absolute Gasteiger partial charge is 0.412 e. The van der Waals surface area contributed by atoms with Crippen molar-refractivity contribution in [2.75, 3.05) is 13.2 Å². The van der Waals surface area contributed by atoms with Gasteiger partial charge in [-0.1, -0.05) is 6.92 Å². The zero-order valence-corrected chi connectivity index (χ0v) is 24.2. The van der Waals surface area contributed by atoms with Gasteiger partial charge in [0.05, 0.1) is 26.5 Å². The Balaban J connectivity index is 2.14. The molecule has 0 bridgehead atoms. The van der Waals surface area contributed by atoms with Crippen LogP contribution in [0, 0.1) is 28.7 Å². The number of halogens is 6. The van der Waals surface area contributed by atoms with Crippen LogP contribution >= 0.6 is 31.9 Å². The average Bonchev–Trinajstić information content (AvgIpc) is 2.84. The van der Waals surface area contributed by atoms with E-state index in [1.54, 1.807) is 13.8 Å². The Hall–Kier alpha value is -2.76. The number of amides is 1. The maximum absolute atomic E-state index is 14.2. The van der Waals surface area contributed by atoms with Crippen molar-refractivity contribution in [1.82, 2.24) is 5.32 Å². The van der Waals surface area contributed by atoms with Gasteiger partial charge in [0, 0.05) is 0 Å². The molecule has 0 saturated heterocycles. The van der Waals surface area contributed by atoms with Gasteiger partial charge in [0.25, 0.3) is 0 Å².